The normalized spacial score (nSPS) is 17.7. The maximum Gasteiger partial charge on any atom is 0.119 e. The van der Waals surface area contributed by atoms with Crippen LogP contribution in [-0.2, 0) is 0 Å². The number of ether oxygens (including phenoxy) is 1. The molecule has 1 saturated carbocycles. The van der Waals surface area contributed by atoms with E-state index in [2.05, 4.69) is 86.4 Å². The van der Waals surface area contributed by atoms with Crippen molar-refractivity contribution in [3.05, 3.63) is 77.4 Å². The first-order valence-corrected chi connectivity index (χ1v) is 14.0. The highest BCUT2D eigenvalue weighted by molar-refractivity contribution is 5.85. The minimum atomic E-state index is 0.737. The monoisotopic (exact) mass is 466 g/mol. The lowest BCUT2D eigenvalue weighted by atomic mass is 9.77. The second-order valence-electron chi connectivity index (χ2n) is 10.4. The number of hydrogen-bond donors (Lipinski definition) is 0. The van der Waals surface area contributed by atoms with E-state index in [-0.39, 0.29) is 0 Å². The highest BCUT2D eigenvalue weighted by Crippen LogP contribution is 2.37. The van der Waals surface area contributed by atoms with E-state index < -0.39 is 0 Å². The van der Waals surface area contributed by atoms with E-state index >= 15 is 0 Å². The molecule has 0 spiro atoms. The standard InChI is InChI=1S/C34H42O/c1-3-5-6-7-8-24-35-34-23-22-32-25-29(16-21-33(32)26-34)11-10-28-14-19-31(20-15-28)30-17-12-27(9-4-2)13-18-30/h14-16,19-23,25-27,30H,3-9,12-13,17-18,24H2,1-2H3/t27-,30-. The van der Waals surface area contributed by atoms with Gasteiger partial charge in [-0.05, 0) is 96.7 Å². The van der Waals surface area contributed by atoms with Crippen molar-refractivity contribution in [2.75, 3.05) is 6.61 Å². The molecule has 184 valence electrons. The number of benzene rings is 3. The Morgan fingerprint density at radius 1 is 0.686 bits per heavy atom. The summed E-state index contributed by atoms with van der Waals surface area (Å²) in [7, 11) is 0. The first-order chi connectivity index (χ1) is 17.2. The van der Waals surface area contributed by atoms with Gasteiger partial charge in [0.25, 0.3) is 0 Å². The van der Waals surface area contributed by atoms with Gasteiger partial charge in [0, 0.05) is 11.1 Å². The molecule has 0 unspecified atom stereocenters. The fourth-order valence-electron chi connectivity index (χ4n) is 5.46. The minimum absolute atomic E-state index is 0.737. The van der Waals surface area contributed by atoms with Gasteiger partial charge < -0.3 is 4.74 Å². The van der Waals surface area contributed by atoms with Crippen LogP contribution in [0.5, 0.6) is 5.75 Å². The Morgan fingerprint density at radius 3 is 2.14 bits per heavy atom. The molecule has 0 aromatic heterocycles. The molecule has 1 nitrogen and oxygen atoms in total. The van der Waals surface area contributed by atoms with Crippen LogP contribution in [0, 0.1) is 17.8 Å². The van der Waals surface area contributed by atoms with Gasteiger partial charge in [-0.3, -0.25) is 0 Å². The maximum atomic E-state index is 5.97. The molecule has 0 atom stereocenters. The zero-order chi connectivity index (χ0) is 24.3. The molecule has 0 amide bonds. The molecule has 1 heteroatoms. The fraction of sp³-hybridized carbons (Fsp3) is 0.471. The van der Waals surface area contributed by atoms with Crippen molar-refractivity contribution in [2.45, 2.75) is 90.4 Å². The largest absolute Gasteiger partial charge is 0.494 e. The molecular formula is C34H42O. The Morgan fingerprint density at radius 2 is 1.37 bits per heavy atom. The molecule has 3 aromatic rings. The average Bonchev–Trinajstić information content (AvgIpc) is 2.90. The van der Waals surface area contributed by atoms with E-state index in [9.17, 15) is 0 Å². The van der Waals surface area contributed by atoms with Gasteiger partial charge in [0.1, 0.15) is 5.75 Å². The zero-order valence-electron chi connectivity index (χ0n) is 21.8. The van der Waals surface area contributed by atoms with Crippen molar-refractivity contribution < 1.29 is 4.74 Å². The third-order valence-electron chi connectivity index (χ3n) is 7.61. The van der Waals surface area contributed by atoms with Crippen LogP contribution in [0.2, 0.25) is 0 Å². The van der Waals surface area contributed by atoms with Crippen LogP contribution < -0.4 is 4.74 Å². The van der Waals surface area contributed by atoms with Crippen LogP contribution in [0.15, 0.2) is 60.7 Å². The molecule has 0 radical (unpaired) electrons. The third-order valence-corrected chi connectivity index (χ3v) is 7.61. The van der Waals surface area contributed by atoms with Crippen LogP contribution >= 0.6 is 0 Å². The van der Waals surface area contributed by atoms with Gasteiger partial charge in [0.2, 0.25) is 0 Å². The lowest BCUT2D eigenvalue weighted by Crippen LogP contribution is -2.13. The molecular weight excluding hydrogens is 424 g/mol. The van der Waals surface area contributed by atoms with Crippen molar-refractivity contribution in [3.63, 3.8) is 0 Å². The molecule has 35 heavy (non-hydrogen) atoms. The van der Waals surface area contributed by atoms with Gasteiger partial charge in [-0.25, -0.2) is 0 Å². The van der Waals surface area contributed by atoms with Crippen LogP contribution in [-0.4, -0.2) is 6.61 Å². The number of hydrogen-bond acceptors (Lipinski definition) is 1. The van der Waals surface area contributed by atoms with Crippen molar-refractivity contribution in [3.8, 4) is 17.6 Å². The Hall–Kier alpha value is -2.72. The van der Waals surface area contributed by atoms with Gasteiger partial charge in [-0.1, -0.05) is 88.5 Å². The summed E-state index contributed by atoms with van der Waals surface area (Å²) in [5, 5.41) is 2.41. The summed E-state index contributed by atoms with van der Waals surface area (Å²) in [6.45, 7) is 5.36. The summed E-state index contributed by atoms with van der Waals surface area (Å²) in [5.41, 5.74) is 3.65. The molecule has 1 aliphatic rings. The van der Waals surface area contributed by atoms with Gasteiger partial charge in [0.05, 0.1) is 6.61 Å². The Balaban J connectivity index is 1.32. The van der Waals surface area contributed by atoms with Crippen LogP contribution in [0.25, 0.3) is 10.8 Å². The predicted octanol–water partition coefficient (Wildman–Crippen LogP) is 9.66. The first kappa shape index (κ1) is 25.4. The van der Waals surface area contributed by atoms with Crippen molar-refractivity contribution in [1.82, 2.24) is 0 Å². The van der Waals surface area contributed by atoms with Gasteiger partial charge in [0.15, 0.2) is 0 Å². The quantitative estimate of drug-likeness (QED) is 0.213. The fourth-order valence-corrected chi connectivity index (χ4v) is 5.46. The van der Waals surface area contributed by atoms with Gasteiger partial charge in [-0.2, -0.15) is 0 Å². The molecule has 1 aliphatic carbocycles. The molecule has 4 rings (SSSR count). The average molecular weight is 467 g/mol. The number of unbranched alkanes of at least 4 members (excludes halogenated alkanes) is 4. The smallest absolute Gasteiger partial charge is 0.119 e. The second-order valence-corrected chi connectivity index (χ2v) is 10.4. The molecule has 3 aromatic carbocycles. The van der Waals surface area contributed by atoms with E-state index in [1.807, 2.05) is 0 Å². The van der Waals surface area contributed by atoms with Gasteiger partial charge >= 0.3 is 0 Å². The lowest BCUT2D eigenvalue weighted by molar-refractivity contribution is 0.305. The Labute approximate surface area is 213 Å². The van der Waals surface area contributed by atoms with Crippen molar-refractivity contribution in [2.24, 2.45) is 5.92 Å². The van der Waals surface area contributed by atoms with E-state index in [0.29, 0.717) is 0 Å². The summed E-state index contributed by atoms with van der Waals surface area (Å²) in [6, 6.07) is 21.9. The summed E-state index contributed by atoms with van der Waals surface area (Å²) >= 11 is 0. The molecule has 0 heterocycles. The minimum Gasteiger partial charge on any atom is -0.494 e. The van der Waals surface area contributed by atoms with Crippen molar-refractivity contribution >= 4 is 10.8 Å². The molecule has 1 fully saturated rings. The maximum absolute atomic E-state index is 5.97. The summed E-state index contributed by atoms with van der Waals surface area (Å²) < 4.78 is 5.97. The molecule has 0 saturated heterocycles. The highest BCUT2D eigenvalue weighted by Gasteiger charge is 2.21. The van der Waals surface area contributed by atoms with Gasteiger partial charge in [-0.15, -0.1) is 0 Å². The van der Waals surface area contributed by atoms with Crippen molar-refractivity contribution in [1.29, 1.82) is 0 Å². The SMILES string of the molecule is CCCCCCCOc1ccc2cc(C#Cc3ccc([C@H]4CC[C@H](CCC)CC4)cc3)ccc2c1. The number of fused-ring (bicyclic) bond motifs is 1. The van der Waals surface area contributed by atoms with Crippen LogP contribution in [0.3, 0.4) is 0 Å². The van der Waals surface area contributed by atoms with E-state index in [1.54, 1.807) is 0 Å². The van der Waals surface area contributed by atoms with E-state index in [0.717, 1.165) is 41.7 Å². The summed E-state index contributed by atoms with van der Waals surface area (Å²) in [6.07, 6.45) is 14.5. The topological polar surface area (TPSA) is 9.23 Å². The zero-order valence-corrected chi connectivity index (χ0v) is 21.8. The molecule has 0 bridgehead atoms. The summed E-state index contributed by atoms with van der Waals surface area (Å²) in [4.78, 5) is 0. The second kappa shape index (κ2) is 13.4. The lowest BCUT2D eigenvalue weighted by Gasteiger charge is -2.28. The van der Waals surface area contributed by atoms with Crippen LogP contribution in [0.1, 0.15) is 107 Å². The molecule has 0 aliphatic heterocycles. The predicted molar refractivity (Wildman–Crippen MR) is 150 cm³/mol. The first-order valence-electron chi connectivity index (χ1n) is 14.0. The van der Waals surface area contributed by atoms with E-state index in [4.69, 9.17) is 4.74 Å². The number of rotatable bonds is 10. The Bertz CT molecular complexity index is 1110. The third kappa shape index (κ3) is 7.63. The van der Waals surface area contributed by atoms with Crippen LogP contribution in [0.4, 0.5) is 0 Å². The Kier molecular flexibility index (Phi) is 9.71. The summed E-state index contributed by atoms with van der Waals surface area (Å²) in [5.74, 6) is 9.39. The molecule has 0 N–H and O–H groups in total. The highest BCUT2D eigenvalue weighted by atomic mass is 16.5. The van der Waals surface area contributed by atoms with E-state index in [1.165, 1.54) is 80.5 Å².